The highest BCUT2D eigenvalue weighted by molar-refractivity contribution is 8.25. The van der Waals surface area contributed by atoms with Gasteiger partial charge in [0.05, 0.1) is 14.2 Å². The molecule has 0 radical (unpaired) electrons. The third-order valence-electron chi connectivity index (χ3n) is 9.65. The van der Waals surface area contributed by atoms with Crippen molar-refractivity contribution in [3.63, 3.8) is 0 Å². The molecule has 6 aromatic rings. The maximum atomic E-state index is 5.61. The number of ether oxygens (including phenoxy) is 2. The van der Waals surface area contributed by atoms with Crippen LogP contribution in [-0.4, -0.2) is 14.2 Å². The number of hydrogen-bond acceptors (Lipinski definition) is 2. The highest BCUT2D eigenvalue weighted by Crippen LogP contribution is 2.80. The molecule has 2 nitrogen and oxygen atoms in total. The molecule has 0 saturated heterocycles. The van der Waals surface area contributed by atoms with Crippen molar-refractivity contribution in [1.29, 1.82) is 0 Å². The van der Waals surface area contributed by atoms with Crippen LogP contribution in [0.25, 0.3) is 21.7 Å². The van der Waals surface area contributed by atoms with Crippen molar-refractivity contribution in [3.05, 3.63) is 153 Å². The lowest BCUT2D eigenvalue weighted by Crippen LogP contribution is -2.16. The van der Waals surface area contributed by atoms with Crippen molar-refractivity contribution >= 4 is 14.4 Å². The minimum atomic E-state index is -0.643. The lowest BCUT2D eigenvalue weighted by molar-refractivity contribution is 0.414. The molecule has 0 saturated carbocycles. The molecule has 3 heterocycles. The summed E-state index contributed by atoms with van der Waals surface area (Å²) in [6.07, 6.45) is 0. The highest BCUT2D eigenvalue weighted by atomic mass is 32.0. The van der Waals surface area contributed by atoms with Gasteiger partial charge in [-0.15, -0.1) is 0 Å². The number of rotatable bonds is 6. The van der Waals surface area contributed by atoms with Gasteiger partial charge in [0.1, 0.15) is 11.5 Å². The fourth-order valence-corrected chi connectivity index (χ4v) is 18.2. The van der Waals surface area contributed by atoms with Crippen LogP contribution in [0.1, 0.15) is 55.8 Å². The largest absolute Gasteiger partial charge is 0.497 e. The molecule has 4 unspecified atom stereocenters. The van der Waals surface area contributed by atoms with E-state index in [0.29, 0.717) is 0 Å². The van der Waals surface area contributed by atoms with Crippen LogP contribution in [0.4, 0.5) is 0 Å². The number of hydrogen-bond donors (Lipinski definition) is 0. The van der Waals surface area contributed by atoms with Crippen LogP contribution in [0, 0.1) is 27.7 Å². The fourth-order valence-electron chi connectivity index (χ4n) is 7.27. The van der Waals surface area contributed by atoms with Gasteiger partial charge in [-0.05, 0) is 107 Å². The van der Waals surface area contributed by atoms with Crippen LogP contribution in [-0.2, 0) is 0 Å². The van der Waals surface area contributed by atoms with Crippen LogP contribution < -0.4 is 9.47 Å². The Balaban J connectivity index is 1.64. The Kier molecular flexibility index (Phi) is 7.54. The monoisotopic (exact) mass is 612 g/mol. The summed E-state index contributed by atoms with van der Waals surface area (Å²) in [5.41, 5.74) is 11.3. The average molecular weight is 613 g/mol. The average Bonchev–Trinajstić information content (AvgIpc) is 3.49. The zero-order chi connectivity index (χ0) is 30.5. The van der Waals surface area contributed by atoms with Crippen molar-refractivity contribution in [2.45, 2.75) is 39.5 Å². The molecule has 0 spiro atoms. The van der Waals surface area contributed by atoms with Gasteiger partial charge in [-0.3, -0.25) is 0 Å². The Morgan fingerprint density at radius 3 is 1.09 bits per heavy atom. The van der Waals surface area contributed by atoms with Gasteiger partial charge in [-0.1, -0.05) is 99.4 Å². The summed E-state index contributed by atoms with van der Waals surface area (Å²) in [4.78, 5) is 0. The standard InChI is InChI=1S/C40H38O2P2/c1-25-27(3)39-35(29-17-21-33(41-5)22-18-29)36(30-19-23-34(42-6)24-20-30)40-28(4)26(2)38(32-15-11-8-12-16-32)44(40)43(39)37(25)31-13-9-7-10-14-31/h7-24,35-36H,1-6H3. The number of benzene rings is 4. The summed E-state index contributed by atoms with van der Waals surface area (Å²) in [5, 5.41) is 6.43. The molecule has 1 aliphatic heterocycles. The van der Waals surface area contributed by atoms with Gasteiger partial charge in [0.25, 0.3) is 0 Å². The summed E-state index contributed by atoms with van der Waals surface area (Å²) in [6.45, 7) is 9.53. The summed E-state index contributed by atoms with van der Waals surface area (Å²) in [5.74, 6) is 2.24. The Labute approximate surface area is 263 Å². The zero-order valence-corrected chi connectivity index (χ0v) is 28.0. The van der Waals surface area contributed by atoms with E-state index in [1.165, 1.54) is 44.5 Å². The van der Waals surface area contributed by atoms with Crippen molar-refractivity contribution in [3.8, 4) is 33.2 Å². The molecule has 4 aromatic carbocycles. The van der Waals surface area contributed by atoms with E-state index in [9.17, 15) is 0 Å². The molecular formula is C40H38O2P2. The van der Waals surface area contributed by atoms with E-state index in [1.54, 1.807) is 35.4 Å². The van der Waals surface area contributed by atoms with Gasteiger partial charge in [0, 0.05) is 22.4 Å². The smallest absolute Gasteiger partial charge is 0.118 e. The third kappa shape index (κ3) is 4.47. The van der Waals surface area contributed by atoms with Gasteiger partial charge in [0.2, 0.25) is 0 Å². The molecule has 0 N–H and O–H groups in total. The summed E-state index contributed by atoms with van der Waals surface area (Å²) < 4.78 is 11.2. The van der Waals surface area contributed by atoms with E-state index in [4.69, 9.17) is 9.47 Å². The fraction of sp³-hybridized carbons (Fsp3) is 0.200. The van der Waals surface area contributed by atoms with Gasteiger partial charge < -0.3 is 9.47 Å². The van der Waals surface area contributed by atoms with Gasteiger partial charge in [-0.2, -0.15) is 0 Å². The first-order valence-corrected chi connectivity index (χ1v) is 18.7. The first-order chi connectivity index (χ1) is 21.4. The van der Waals surface area contributed by atoms with Crippen molar-refractivity contribution in [2.75, 3.05) is 14.2 Å². The first kappa shape index (κ1) is 28.8. The van der Waals surface area contributed by atoms with E-state index in [2.05, 4.69) is 137 Å². The van der Waals surface area contributed by atoms with Crippen molar-refractivity contribution in [2.24, 2.45) is 0 Å². The lowest BCUT2D eigenvalue weighted by Gasteiger charge is -2.37. The minimum absolute atomic E-state index is 0.225. The SMILES string of the molecule is COc1ccc(C2c3c(C)c(C)c(-c4ccccc4)p3-p3c(-c4ccccc4)c(C)c(C)c3C2c2ccc(OC)cc2)cc1. The Morgan fingerprint density at radius 2 is 0.773 bits per heavy atom. The Hall–Kier alpha value is -3.96. The van der Waals surface area contributed by atoms with Gasteiger partial charge >= 0.3 is 0 Å². The third-order valence-corrected chi connectivity index (χ3v) is 17.9. The van der Waals surface area contributed by atoms with Gasteiger partial charge in [-0.25, -0.2) is 0 Å². The topological polar surface area (TPSA) is 18.5 Å². The summed E-state index contributed by atoms with van der Waals surface area (Å²) in [7, 11) is 2.21. The maximum absolute atomic E-state index is 5.61. The molecule has 1 aliphatic rings. The van der Waals surface area contributed by atoms with E-state index >= 15 is 0 Å². The molecule has 220 valence electrons. The minimum Gasteiger partial charge on any atom is -0.497 e. The zero-order valence-electron chi connectivity index (χ0n) is 26.3. The molecule has 44 heavy (non-hydrogen) atoms. The number of fused-ring (bicyclic) bond motifs is 3. The molecule has 4 atom stereocenters. The van der Waals surface area contributed by atoms with Crippen molar-refractivity contribution < 1.29 is 9.47 Å². The highest BCUT2D eigenvalue weighted by Gasteiger charge is 2.43. The molecular weight excluding hydrogens is 574 g/mol. The Morgan fingerprint density at radius 1 is 0.432 bits per heavy atom. The van der Waals surface area contributed by atoms with Crippen LogP contribution in [0.3, 0.4) is 0 Å². The van der Waals surface area contributed by atoms with E-state index < -0.39 is 14.4 Å². The van der Waals surface area contributed by atoms with E-state index in [-0.39, 0.29) is 11.8 Å². The second kappa shape index (κ2) is 11.5. The second-order valence-electron chi connectivity index (χ2n) is 11.8. The van der Waals surface area contributed by atoms with Crippen LogP contribution in [0.2, 0.25) is 0 Å². The Bertz CT molecular complexity index is 1800. The lowest BCUT2D eigenvalue weighted by atomic mass is 9.77. The predicted molar refractivity (Wildman–Crippen MR) is 189 cm³/mol. The molecule has 0 bridgehead atoms. The van der Waals surface area contributed by atoms with Crippen LogP contribution in [0.5, 0.6) is 11.5 Å². The normalized spacial score (nSPS) is 16.3. The molecule has 7 rings (SSSR count). The van der Waals surface area contributed by atoms with E-state index in [0.717, 1.165) is 11.5 Å². The second-order valence-corrected chi connectivity index (χ2v) is 17.3. The van der Waals surface area contributed by atoms with Crippen LogP contribution >= 0.6 is 14.4 Å². The van der Waals surface area contributed by atoms with Gasteiger partial charge in [0.15, 0.2) is 0 Å². The molecule has 0 aliphatic carbocycles. The summed E-state index contributed by atoms with van der Waals surface area (Å²) in [6, 6.07) is 40.2. The van der Waals surface area contributed by atoms with Crippen molar-refractivity contribution in [1.82, 2.24) is 0 Å². The molecule has 0 amide bonds. The number of methoxy groups -OCH3 is 2. The molecule has 2 aromatic heterocycles. The quantitative estimate of drug-likeness (QED) is 0.186. The predicted octanol–water partition coefficient (Wildman–Crippen LogP) is 11.8. The molecule has 0 fully saturated rings. The maximum Gasteiger partial charge on any atom is 0.118 e. The van der Waals surface area contributed by atoms with Crippen LogP contribution in [0.15, 0.2) is 109 Å². The first-order valence-electron chi connectivity index (χ1n) is 15.3. The van der Waals surface area contributed by atoms with E-state index in [1.807, 2.05) is 0 Å². The molecule has 4 heteroatoms. The summed E-state index contributed by atoms with van der Waals surface area (Å²) >= 11 is 0.